The van der Waals surface area contributed by atoms with Crippen LogP contribution < -0.4 is 15.4 Å². The zero-order chi connectivity index (χ0) is 23.4. The lowest BCUT2D eigenvalue weighted by Gasteiger charge is -2.24. The summed E-state index contributed by atoms with van der Waals surface area (Å²) in [6.45, 7) is 7.04. The predicted molar refractivity (Wildman–Crippen MR) is 124 cm³/mol. The van der Waals surface area contributed by atoms with Gasteiger partial charge in [-0.15, -0.1) is 0 Å². The van der Waals surface area contributed by atoms with E-state index in [9.17, 15) is 9.59 Å². The molecular weight excluding hydrogens is 422 g/mol. The fourth-order valence-electron chi connectivity index (χ4n) is 3.55. The maximum Gasteiger partial charge on any atom is 0.410 e. The lowest BCUT2D eigenvalue weighted by molar-refractivity contribution is 0.0275. The number of urea groups is 1. The number of nitrogens with one attached hydrogen (secondary N) is 2. The first-order valence-corrected chi connectivity index (χ1v) is 11.0. The third kappa shape index (κ3) is 6.15. The van der Waals surface area contributed by atoms with Gasteiger partial charge < -0.3 is 29.4 Å². The smallest absolute Gasteiger partial charge is 0.410 e. The Bertz CT molecular complexity index is 1120. The Morgan fingerprint density at radius 2 is 1.94 bits per heavy atom. The summed E-state index contributed by atoms with van der Waals surface area (Å²) in [5.74, 6) is 0.685. The summed E-state index contributed by atoms with van der Waals surface area (Å²) >= 11 is 0. The molecule has 0 spiro atoms. The first kappa shape index (κ1) is 22.4. The van der Waals surface area contributed by atoms with Crippen molar-refractivity contribution in [2.24, 2.45) is 0 Å². The van der Waals surface area contributed by atoms with E-state index in [1.165, 1.54) is 0 Å². The molecule has 3 amide bonds. The largest absolute Gasteiger partial charge is 0.489 e. The van der Waals surface area contributed by atoms with Gasteiger partial charge in [0.05, 0.1) is 6.54 Å². The molecule has 9 heteroatoms. The Morgan fingerprint density at radius 1 is 1.15 bits per heavy atom. The van der Waals surface area contributed by atoms with Crippen molar-refractivity contribution in [1.29, 1.82) is 0 Å². The molecular formula is C24H29N5O4. The third-order valence-corrected chi connectivity index (χ3v) is 5.13. The first-order chi connectivity index (χ1) is 15.7. The highest BCUT2D eigenvalue weighted by atomic mass is 16.6. The summed E-state index contributed by atoms with van der Waals surface area (Å²) in [6, 6.07) is 10.7. The fourth-order valence-corrected chi connectivity index (χ4v) is 3.55. The van der Waals surface area contributed by atoms with Gasteiger partial charge in [0.25, 0.3) is 0 Å². The van der Waals surface area contributed by atoms with E-state index >= 15 is 0 Å². The minimum absolute atomic E-state index is 0.0907. The van der Waals surface area contributed by atoms with Gasteiger partial charge >= 0.3 is 12.1 Å². The molecule has 1 aromatic carbocycles. The molecule has 174 valence electrons. The minimum Gasteiger partial charge on any atom is -0.489 e. The number of nitrogens with zero attached hydrogens (tertiary/aromatic N) is 3. The summed E-state index contributed by atoms with van der Waals surface area (Å²) < 4.78 is 13.3. The van der Waals surface area contributed by atoms with Gasteiger partial charge in [-0.3, -0.25) is 0 Å². The second kappa shape index (κ2) is 9.40. The number of pyridine rings is 1. The first-order valence-electron chi connectivity index (χ1n) is 11.0. The van der Waals surface area contributed by atoms with Gasteiger partial charge in [0.1, 0.15) is 23.1 Å². The molecule has 1 atom stereocenters. The normalized spacial score (nSPS) is 16.0. The molecule has 1 aliphatic rings. The third-order valence-electron chi connectivity index (χ3n) is 5.13. The van der Waals surface area contributed by atoms with Crippen LogP contribution in [-0.2, 0) is 11.3 Å². The van der Waals surface area contributed by atoms with E-state index in [1.807, 2.05) is 49.7 Å². The number of ether oxygens (including phenoxy) is 2. The van der Waals surface area contributed by atoms with Crippen LogP contribution in [0.15, 0.2) is 55.0 Å². The number of hydrogen-bond acceptors (Lipinski definition) is 5. The van der Waals surface area contributed by atoms with E-state index < -0.39 is 5.60 Å². The van der Waals surface area contributed by atoms with Gasteiger partial charge in [0, 0.05) is 43.8 Å². The number of fused-ring (bicyclic) bond motifs is 1. The maximum absolute atomic E-state index is 12.2. The molecule has 2 aromatic heterocycles. The number of rotatable bonds is 5. The van der Waals surface area contributed by atoms with E-state index in [2.05, 4.69) is 15.6 Å². The van der Waals surface area contributed by atoms with Gasteiger partial charge in [-0.2, -0.15) is 0 Å². The highest BCUT2D eigenvalue weighted by molar-refractivity contribution is 5.89. The van der Waals surface area contributed by atoms with Crippen molar-refractivity contribution >= 4 is 23.5 Å². The van der Waals surface area contributed by atoms with Crippen molar-refractivity contribution < 1.29 is 19.1 Å². The second-order valence-electron chi connectivity index (χ2n) is 9.01. The minimum atomic E-state index is -0.515. The van der Waals surface area contributed by atoms with Crippen molar-refractivity contribution in [3.8, 4) is 5.75 Å². The van der Waals surface area contributed by atoms with Gasteiger partial charge in [-0.1, -0.05) is 0 Å². The molecule has 33 heavy (non-hydrogen) atoms. The van der Waals surface area contributed by atoms with Crippen LogP contribution in [0.3, 0.4) is 0 Å². The van der Waals surface area contributed by atoms with E-state index in [0.29, 0.717) is 31.1 Å². The summed E-state index contributed by atoms with van der Waals surface area (Å²) in [5.41, 5.74) is 1.94. The van der Waals surface area contributed by atoms with E-state index in [4.69, 9.17) is 9.47 Å². The monoisotopic (exact) mass is 451 g/mol. The van der Waals surface area contributed by atoms with E-state index in [0.717, 1.165) is 17.6 Å². The lowest BCUT2D eigenvalue weighted by Crippen LogP contribution is -2.36. The average Bonchev–Trinajstić information content (AvgIpc) is 3.41. The fraction of sp³-hybridized carbons (Fsp3) is 0.375. The number of hydrogen-bond donors (Lipinski definition) is 2. The van der Waals surface area contributed by atoms with Crippen LogP contribution in [0.5, 0.6) is 5.75 Å². The zero-order valence-corrected chi connectivity index (χ0v) is 19.1. The number of amides is 3. The molecule has 0 bridgehead atoms. The SMILES string of the molecule is CC(C)(C)OC(=O)N1CC[C@@H](Oc2ccc(NC(=O)NCc3ccn4ccnc4c3)cc2)C1. The zero-order valence-electron chi connectivity index (χ0n) is 19.1. The Morgan fingerprint density at radius 3 is 2.70 bits per heavy atom. The van der Waals surface area contributed by atoms with Crippen LogP contribution in [0.2, 0.25) is 0 Å². The Hall–Kier alpha value is -3.75. The Labute approximate surface area is 192 Å². The van der Waals surface area contributed by atoms with Crippen molar-refractivity contribution in [1.82, 2.24) is 19.6 Å². The Balaban J connectivity index is 1.22. The molecule has 0 radical (unpaired) electrons. The molecule has 0 saturated carbocycles. The number of likely N-dealkylation sites (tertiary alicyclic amines) is 1. The van der Waals surface area contributed by atoms with Crippen LogP contribution in [-0.4, -0.2) is 51.2 Å². The van der Waals surface area contributed by atoms with Crippen LogP contribution in [0.1, 0.15) is 32.8 Å². The number of benzene rings is 1. The summed E-state index contributed by atoms with van der Waals surface area (Å²) in [5, 5.41) is 5.65. The van der Waals surface area contributed by atoms with Crippen LogP contribution in [0.4, 0.5) is 15.3 Å². The Kier molecular flexibility index (Phi) is 6.39. The number of aromatic nitrogens is 2. The molecule has 4 rings (SSSR count). The van der Waals surface area contributed by atoms with Crippen LogP contribution >= 0.6 is 0 Å². The number of carbonyl (C=O) groups excluding carboxylic acids is 2. The van der Waals surface area contributed by atoms with Crippen molar-refractivity contribution in [3.63, 3.8) is 0 Å². The van der Waals surface area contributed by atoms with Gasteiger partial charge in [0.15, 0.2) is 0 Å². The van der Waals surface area contributed by atoms with Crippen molar-refractivity contribution in [3.05, 3.63) is 60.6 Å². The molecule has 1 aliphatic heterocycles. The number of carbonyl (C=O) groups is 2. The second-order valence-corrected chi connectivity index (χ2v) is 9.01. The lowest BCUT2D eigenvalue weighted by atomic mass is 10.2. The van der Waals surface area contributed by atoms with Crippen LogP contribution in [0, 0.1) is 0 Å². The summed E-state index contributed by atoms with van der Waals surface area (Å²) in [4.78, 5) is 30.3. The predicted octanol–water partition coefficient (Wildman–Crippen LogP) is 4.04. The highest BCUT2D eigenvalue weighted by Gasteiger charge is 2.30. The number of anilines is 1. The highest BCUT2D eigenvalue weighted by Crippen LogP contribution is 2.22. The van der Waals surface area contributed by atoms with Crippen molar-refractivity contribution in [2.75, 3.05) is 18.4 Å². The molecule has 1 saturated heterocycles. The van der Waals surface area contributed by atoms with Crippen molar-refractivity contribution in [2.45, 2.75) is 45.4 Å². The quantitative estimate of drug-likeness (QED) is 0.610. The molecule has 0 aliphatic carbocycles. The van der Waals surface area contributed by atoms with E-state index in [-0.39, 0.29) is 18.2 Å². The topological polar surface area (TPSA) is 97.2 Å². The molecule has 0 unspecified atom stereocenters. The molecule has 3 heterocycles. The van der Waals surface area contributed by atoms with E-state index in [1.54, 1.807) is 35.4 Å². The van der Waals surface area contributed by atoms with Gasteiger partial charge in [0.2, 0.25) is 0 Å². The molecule has 9 nitrogen and oxygen atoms in total. The maximum atomic E-state index is 12.2. The summed E-state index contributed by atoms with van der Waals surface area (Å²) in [7, 11) is 0. The summed E-state index contributed by atoms with van der Waals surface area (Å²) in [6.07, 6.45) is 5.85. The molecule has 1 fully saturated rings. The van der Waals surface area contributed by atoms with Gasteiger partial charge in [-0.05, 0) is 62.7 Å². The van der Waals surface area contributed by atoms with Gasteiger partial charge in [-0.25, -0.2) is 14.6 Å². The number of imidazole rings is 1. The standard InChI is InChI=1S/C24H29N5O4/c1-24(2,3)33-23(31)29-12-9-20(16-29)32-19-6-4-18(5-7-19)27-22(30)26-15-17-8-11-28-13-10-25-21(28)14-17/h4-8,10-11,13-14,20H,9,12,15-16H2,1-3H3,(H2,26,27,30)/t20-/m1/s1. The average molecular weight is 452 g/mol. The molecule has 2 N–H and O–H groups in total. The molecule has 3 aromatic rings. The van der Waals surface area contributed by atoms with Crippen LogP contribution in [0.25, 0.3) is 5.65 Å².